The van der Waals surface area contributed by atoms with E-state index in [1.54, 1.807) is 0 Å². The van der Waals surface area contributed by atoms with Gasteiger partial charge in [-0.2, -0.15) is 22.0 Å². The lowest BCUT2D eigenvalue weighted by Crippen LogP contribution is -2.41. The van der Waals surface area contributed by atoms with Gasteiger partial charge in [-0.25, -0.2) is 8.42 Å². The lowest BCUT2D eigenvalue weighted by Gasteiger charge is -2.19. The molecule has 6 nitrogen and oxygen atoms in total. The van der Waals surface area contributed by atoms with Crippen LogP contribution in [0.4, 0.5) is 22.0 Å². The van der Waals surface area contributed by atoms with Crippen LogP contribution in [0.5, 0.6) is 5.88 Å². The van der Waals surface area contributed by atoms with E-state index >= 15 is 0 Å². The molecule has 27 heavy (non-hydrogen) atoms. The highest BCUT2D eigenvalue weighted by Gasteiger charge is 2.58. The molecule has 0 unspecified atom stereocenters. The van der Waals surface area contributed by atoms with E-state index in [1.165, 1.54) is 19.2 Å². The van der Waals surface area contributed by atoms with Gasteiger partial charge in [-0.05, 0) is 28.1 Å². The zero-order chi connectivity index (χ0) is 20.5. The molecular weight excluding hydrogens is 465 g/mol. The molecule has 2 aromatic heterocycles. The maximum absolute atomic E-state index is 12.8. The first-order valence-corrected chi connectivity index (χ1v) is 9.61. The molecule has 148 valence electrons. The van der Waals surface area contributed by atoms with Gasteiger partial charge in [-0.1, -0.05) is 6.92 Å². The van der Waals surface area contributed by atoms with Crippen LogP contribution < -0.4 is 4.74 Å². The van der Waals surface area contributed by atoms with E-state index in [1.807, 2.05) is 0 Å². The van der Waals surface area contributed by atoms with Crippen molar-refractivity contribution in [2.24, 2.45) is 0 Å². The Bertz CT molecular complexity index is 921. The van der Waals surface area contributed by atoms with Gasteiger partial charge in [0.1, 0.15) is 11.4 Å². The maximum atomic E-state index is 12.8. The average molecular weight is 476 g/mol. The fraction of sp³-hybridized carbons (Fsp3) is 0.357. The summed E-state index contributed by atoms with van der Waals surface area (Å²) in [6.45, 7) is -0.528. The minimum Gasteiger partial charge on any atom is -0.470 e. The van der Waals surface area contributed by atoms with Crippen molar-refractivity contribution < 1.29 is 35.1 Å². The van der Waals surface area contributed by atoms with Crippen LogP contribution in [0.2, 0.25) is 0 Å². The van der Waals surface area contributed by atoms with Crippen molar-refractivity contribution in [3.8, 4) is 17.3 Å². The van der Waals surface area contributed by atoms with E-state index in [-0.39, 0.29) is 22.0 Å². The monoisotopic (exact) mass is 475 g/mol. The van der Waals surface area contributed by atoms with Crippen LogP contribution in [-0.4, -0.2) is 48.1 Å². The van der Waals surface area contributed by atoms with Gasteiger partial charge in [0.15, 0.2) is 16.4 Å². The van der Waals surface area contributed by atoms with Crippen molar-refractivity contribution in [2.45, 2.75) is 23.9 Å². The number of alkyl halides is 5. The van der Waals surface area contributed by atoms with Crippen molar-refractivity contribution >= 4 is 25.8 Å². The normalized spacial score (nSPS) is 12.9. The van der Waals surface area contributed by atoms with Gasteiger partial charge in [0.25, 0.3) is 0 Å². The molecule has 0 radical (unpaired) electrons. The molecule has 0 fully saturated rings. The molecule has 2 rings (SSSR count). The number of ether oxygens (including phenoxy) is 1. The molecule has 2 aromatic rings. The average Bonchev–Trinajstić information content (AvgIpc) is 2.59. The molecule has 0 aliphatic rings. The van der Waals surface area contributed by atoms with Gasteiger partial charge in [-0.3, -0.25) is 4.98 Å². The van der Waals surface area contributed by atoms with Gasteiger partial charge < -0.3 is 4.74 Å². The molecule has 0 aromatic carbocycles. The molecule has 0 aliphatic heterocycles. The molecule has 2 heterocycles. The third-order valence-corrected chi connectivity index (χ3v) is 5.41. The lowest BCUT2D eigenvalue weighted by molar-refractivity contribution is -0.290. The second-order valence-electron chi connectivity index (χ2n) is 5.15. The minimum absolute atomic E-state index is 0.0237. The Hall–Kier alpha value is -1.89. The zero-order valence-electron chi connectivity index (χ0n) is 13.5. The summed E-state index contributed by atoms with van der Waals surface area (Å²) in [6.07, 6.45) is -4.44. The van der Waals surface area contributed by atoms with Crippen LogP contribution in [-0.2, 0) is 9.84 Å². The lowest BCUT2D eigenvalue weighted by atomic mass is 10.2. The molecule has 0 saturated carbocycles. The third kappa shape index (κ3) is 4.89. The van der Waals surface area contributed by atoms with E-state index in [2.05, 4.69) is 35.8 Å². The van der Waals surface area contributed by atoms with Crippen molar-refractivity contribution in [3.63, 3.8) is 0 Å². The second-order valence-corrected chi connectivity index (χ2v) is 8.31. The van der Waals surface area contributed by atoms with Crippen molar-refractivity contribution in [1.82, 2.24) is 15.2 Å². The summed E-state index contributed by atoms with van der Waals surface area (Å²) < 4.78 is 91.1. The zero-order valence-corrected chi connectivity index (χ0v) is 15.9. The molecule has 0 bridgehead atoms. The van der Waals surface area contributed by atoms with Gasteiger partial charge in [-0.15, -0.1) is 10.2 Å². The minimum atomic E-state index is -5.76. The van der Waals surface area contributed by atoms with Crippen LogP contribution in [0.3, 0.4) is 0 Å². The van der Waals surface area contributed by atoms with Crippen LogP contribution in [0.1, 0.15) is 6.92 Å². The largest absolute Gasteiger partial charge is 0.470 e. The summed E-state index contributed by atoms with van der Waals surface area (Å²) in [4.78, 5) is 3.84. The Balaban J connectivity index is 2.29. The number of rotatable bonds is 6. The number of hydrogen-bond donors (Lipinski definition) is 0. The van der Waals surface area contributed by atoms with Crippen LogP contribution >= 0.6 is 15.9 Å². The number of nitrogens with zero attached hydrogens (tertiary/aromatic N) is 3. The van der Waals surface area contributed by atoms with Crippen LogP contribution in [0.25, 0.3) is 11.4 Å². The summed E-state index contributed by atoms with van der Waals surface area (Å²) >= 11 is 3.11. The number of sulfone groups is 1. The Morgan fingerprint density at radius 2 is 1.81 bits per heavy atom. The fourth-order valence-corrected chi connectivity index (χ4v) is 3.33. The quantitative estimate of drug-likeness (QED) is 0.592. The Morgan fingerprint density at radius 1 is 1.15 bits per heavy atom. The van der Waals surface area contributed by atoms with E-state index in [0.717, 1.165) is 12.1 Å². The highest BCUT2D eigenvalue weighted by molar-refractivity contribution is 9.10. The fourth-order valence-electron chi connectivity index (χ4n) is 1.78. The molecule has 0 aliphatic carbocycles. The number of hydrogen-bond acceptors (Lipinski definition) is 6. The van der Waals surface area contributed by atoms with E-state index < -0.39 is 34.4 Å². The molecule has 0 saturated heterocycles. The topological polar surface area (TPSA) is 82.0 Å². The number of pyridine rings is 1. The molecule has 0 spiro atoms. The maximum Gasteiger partial charge on any atom is 0.456 e. The predicted molar refractivity (Wildman–Crippen MR) is 87.2 cm³/mol. The first-order valence-electron chi connectivity index (χ1n) is 7.17. The predicted octanol–water partition coefficient (Wildman–Crippen LogP) is 3.67. The number of halogens is 6. The van der Waals surface area contributed by atoms with Gasteiger partial charge in [0.05, 0.1) is 10.6 Å². The summed E-state index contributed by atoms with van der Waals surface area (Å²) in [7, 11) is -3.67. The summed E-state index contributed by atoms with van der Waals surface area (Å²) in [5.74, 6) is -5.85. The summed E-state index contributed by atoms with van der Waals surface area (Å²) in [5, 5.41) is 7.00. The van der Waals surface area contributed by atoms with Gasteiger partial charge >= 0.3 is 12.1 Å². The molecule has 13 heteroatoms. The molecule has 0 amide bonds. The molecular formula is C14H11BrF5N3O3S. The smallest absolute Gasteiger partial charge is 0.456 e. The standard InChI is InChI=1S/C14H11BrF5N3O3S/c1-2-27(24,25)10-5-8(15)6-21-12(10)9-3-4-11(23-22-9)26-7-13(16,17)14(18,19)20/h3-6H,2,7H2,1H3. The van der Waals surface area contributed by atoms with E-state index in [4.69, 9.17) is 0 Å². The van der Waals surface area contributed by atoms with Gasteiger partial charge in [0.2, 0.25) is 5.88 Å². The highest BCUT2D eigenvalue weighted by Crippen LogP contribution is 2.35. The van der Waals surface area contributed by atoms with E-state index in [0.29, 0.717) is 4.47 Å². The Kier molecular flexibility index (Phi) is 6.04. The summed E-state index contributed by atoms with van der Waals surface area (Å²) in [6, 6.07) is 3.46. The number of aromatic nitrogens is 3. The highest BCUT2D eigenvalue weighted by atomic mass is 79.9. The summed E-state index contributed by atoms with van der Waals surface area (Å²) in [5.41, 5.74) is -0.0656. The van der Waals surface area contributed by atoms with Crippen molar-refractivity contribution in [2.75, 3.05) is 12.4 Å². The first-order chi connectivity index (χ1) is 12.4. The van der Waals surface area contributed by atoms with Crippen LogP contribution in [0, 0.1) is 0 Å². The molecule has 0 N–H and O–H groups in total. The third-order valence-electron chi connectivity index (χ3n) is 3.23. The van der Waals surface area contributed by atoms with Crippen molar-refractivity contribution in [3.05, 3.63) is 28.9 Å². The van der Waals surface area contributed by atoms with E-state index in [9.17, 15) is 30.4 Å². The van der Waals surface area contributed by atoms with Crippen molar-refractivity contribution in [1.29, 1.82) is 0 Å². The first kappa shape index (κ1) is 21.4. The Morgan fingerprint density at radius 3 is 2.33 bits per heavy atom. The van der Waals surface area contributed by atoms with Crippen LogP contribution in [0.15, 0.2) is 33.8 Å². The SMILES string of the molecule is CCS(=O)(=O)c1cc(Br)cnc1-c1ccc(OCC(F)(F)C(F)(F)F)nn1. The Labute approximate surface area is 158 Å². The second kappa shape index (κ2) is 7.62. The van der Waals surface area contributed by atoms with Gasteiger partial charge in [0, 0.05) is 16.7 Å². The molecule has 0 atom stereocenters.